The number of carbonyl (C=O) groups is 2. The molecule has 0 unspecified atom stereocenters. The third kappa shape index (κ3) is 4.75. The van der Waals surface area contributed by atoms with Crippen LogP contribution in [0.25, 0.3) is 0 Å². The second kappa shape index (κ2) is 7.32. The quantitative estimate of drug-likeness (QED) is 0.555. The Labute approximate surface area is 132 Å². The number of hydroxylamine groups is 2. The van der Waals surface area contributed by atoms with Gasteiger partial charge in [0.1, 0.15) is 5.75 Å². The number of carbonyl (C=O) groups excluding carboxylic acids is 2. The average Bonchev–Trinajstić information content (AvgIpc) is 2.98. The summed E-state index contributed by atoms with van der Waals surface area (Å²) in [5.41, 5.74) is 5.94. The number of rotatable bonds is 6. The molecule has 1 heterocycles. The molecular weight excluding hydrogens is 302 g/mol. The van der Waals surface area contributed by atoms with E-state index in [9.17, 15) is 9.59 Å². The number of hydrogen-bond donors (Lipinski definition) is 3. The number of amides is 3. The van der Waals surface area contributed by atoms with Gasteiger partial charge in [0, 0.05) is 12.6 Å². The molecule has 2 aromatic rings. The van der Waals surface area contributed by atoms with E-state index in [1.807, 2.05) is 19.1 Å². The van der Waals surface area contributed by atoms with Crippen LogP contribution in [0.2, 0.25) is 0 Å². The van der Waals surface area contributed by atoms with Crippen LogP contribution in [0, 0.1) is 6.92 Å². The van der Waals surface area contributed by atoms with Crippen molar-refractivity contribution in [2.75, 3.05) is 13.1 Å². The second-order valence-corrected chi connectivity index (χ2v) is 4.75. The standard InChI is InChI=1S/C15H17N3O5/c1-10-2-4-11(5-3-10)22-13-7-6-12(23-13)14(19)17-8-9-18(21)15(16)20/h2-7,21H,8-9H2,1H3,(H2,16,20)(H,17,19). The summed E-state index contributed by atoms with van der Waals surface area (Å²) in [7, 11) is 0. The van der Waals surface area contributed by atoms with E-state index < -0.39 is 11.9 Å². The van der Waals surface area contributed by atoms with Gasteiger partial charge in [0.05, 0.1) is 6.54 Å². The van der Waals surface area contributed by atoms with E-state index in [4.69, 9.17) is 20.1 Å². The van der Waals surface area contributed by atoms with Crippen molar-refractivity contribution in [2.24, 2.45) is 5.73 Å². The molecule has 23 heavy (non-hydrogen) atoms. The van der Waals surface area contributed by atoms with Crippen molar-refractivity contribution in [1.29, 1.82) is 0 Å². The molecule has 0 saturated heterocycles. The number of urea groups is 1. The van der Waals surface area contributed by atoms with Gasteiger partial charge in [0.25, 0.3) is 11.9 Å². The number of benzene rings is 1. The van der Waals surface area contributed by atoms with Gasteiger partial charge in [-0.3, -0.25) is 10.0 Å². The van der Waals surface area contributed by atoms with E-state index in [0.717, 1.165) is 5.56 Å². The maximum atomic E-state index is 11.8. The first-order valence-electron chi connectivity index (χ1n) is 6.84. The van der Waals surface area contributed by atoms with Crippen LogP contribution >= 0.6 is 0 Å². The fourth-order valence-corrected chi connectivity index (χ4v) is 1.69. The van der Waals surface area contributed by atoms with Crippen LogP contribution in [0.5, 0.6) is 11.7 Å². The molecule has 122 valence electrons. The zero-order valence-corrected chi connectivity index (χ0v) is 12.5. The van der Waals surface area contributed by atoms with Crippen molar-refractivity contribution in [3.05, 3.63) is 47.7 Å². The highest BCUT2D eigenvalue weighted by molar-refractivity contribution is 5.91. The molecule has 8 nitrogen and oxygen atoms in total. The molecule has 2 rings (SSSR count). The first-order valence-corrected chi connectivity index (χ1v) is 6.84. The first kappa shape index (κ1) is 16.4. The monoisotopic (exact) mass is 319 g/mol. The molecule has 0 atom stereocenters. The molecule has 3 amide bonds. The van der Waals surface area contributed by atoms with Gasteiger partial charge in [0.15, 0.2) is 5.76 Å². The van der Waals surface area contributed by atoms with Gasteiger partial charge in [-0.05, 0) is 25.1 Å². The SMILES string of the molecule is Cc1ccc(Oc2ccc(C(=O)NCCN(O)C(N)=O)o2)cc1. The second-order valence-electron chi connectivity index (χ2n) is 4.75. The highest BCUT2D eigenvalue weighted by Gasteiger charge is 2.13. The molecule has 0 bridgehead atoms. The Morgan fingerprint density at radius 2 is 1.96 bits per heavy atom. The topological polar surface area (TPSA) is 118 Å². The molecule has 0 aliphatic rings. The molecule has 1 aromatic carbocycles. The highest BCUT2D eigenvalue weighted by atomic mass is 16.6. The fraction of sp³-hybridized carbons (Fsp3) is 0.200. The van der Waals surface area contributed by atoms with E-state index in [-0.39, 0.29) is 24.8 Å². The minimum atomic E-state index is -0.994. The lowest BCUT2D eigenvalue weighted by atomic mass is 10.2. The average molecular weight is 319 g/mol. The van der Waals surface area contributed by atoms with E-state index in [0.29, 0.717) is 10.8 Å². The molecule has 0 spiro atoms. The fourth-order valence-electron chi connectivity index (χ4n) is 1.69. The molecule has 0 aliphatic carbocycles. The predicted octanol–water partition coefficient (Wildman–Crippen LogP) is 1.88. The van der Waals surface area contributed by atoms with Gasteiger partial charge in [-0.25, -0.2) is 9.86 Å². The Bertz CT molecular complexity index is 681. The van der Waals surface area contributed by atoms with E-state index in [1.54, 1.807) is 12.1 Å². The van der Waals surface area contributed by atoms with Gasteiger partial charge >= 0.3 is 6.03 Å². The molecule has 8 heteroatoms. The summed E-state index contributed by atoms with van der Waals surface area (Å²) < 4.78 is 10.8. The summed E-state index contributed by atoms with van der Waals surface area (Å²) >= 11 is 0. The number of ether oxygens (including phenoxy) is 1. The first-order chi connectivity index (χ1) is 11.0. The van der Waals surface area contributed by atoms with E-state index in [1.165, 1.54) is 12.1 Å². The lowest BCUT2D eigenvalue weighted by Gasteiger charge is -2.11. The third-order valence-electron chi connectivity index (χ3n) is 2.91. The van der Waals surface area contributed by atoms with Crippen molar-refractivity contribution in [2.45, 2.75) is 6.92 Å². The van der Waals surface area contributed by atoms with Crippen LogP contribution < -0.4 is 15.8 Å². The minimum absolute atomic E-state index is 0.0210. The molecule has 0 aliphatic heterocycles. The molecule has 0 fully saturated rings. The lowest BCUT2D eigenvalue weighted by Crippen LogP contribution is -2.39. The lowest BCUT2D eigenvalue weighted by molar-refractivity contribution is -0.0376. The van der Waals surface area contributed by atoms with E-state index >= 15 is 0 Å². The molecule has 0 saturated carbocycles. The highest BCUT2D eigenvalue weighted by Crippen LogP contribution is 2.23. The maximum Gasteiger partial charge on any atom is 0.338 e. The Morgan fingerprint density at radius 1 is 1.26 bits per heavy atom. The number of primary amides is 1. The summed E-state index contributed by atoms with van der Waals surface area (Å²) in [5.74, 6) is 0.325. The zero-order valence-electron chi connectivity index (χ0n) is 12.5. The largest absolute Gasteiger partial charge is 0.426 e. The van der Waals surface area contributed by atoms with Crippen molar-refractivity contribution >= 4 is 11.9 Å². The smallest absolute Gasteiger partial charge is 0.338 e. The van der Waals surface area contributed by atoms with Crippen molar-refractivity contribution in [3.8, 4) is 11.7 Å². The van der Waals surface area contributed by atoms with Crippen LogP contribution in [0.15, 0.2) is 40.8 Å². The molecule has 0 radical (unpaired) electrons. The summed E-state index contributed by atoms with van der Waals surface area (Å²) in [6.07, 6.45) is 0. The molecule has 1 aromatic heterocycles. The van der Waals surface area contributed by atoms with Crippen LogP contribution in [-0.2, 0) is 0 Å². The predicted molar refractivity (Wildman–Crippen MR) is 80.4 cm³/mol. The minimum Gasteiger partial charge on any atom is -0.426 e. The summed E-state index contributed by atoms with van der Waals surface area (Å²) in [6, 6.07) is 9.36. The van der Waals surface area contributed by atoms with Gasteiger partial charge in [-0.15, -0.1) is 0 Å². The van der Waals surface area contributed by atoms with Gasteiger partial charge in [0.2, 0.25) is 0 Å². The van der Waals surface area contributed by atoms with Crippen molar-refractivity contribution < 1.29 is 24.0 Å². The van der Waals surface area contributed by atoms with Gasteiger partial charge in [-0.1, -0.05) is 17.7 Å². The normalized spacial score (nSPS) is 10.2. The molecule has 4 N–H and O–H groups in total. The summed E-state index contributed by atoms with van der Waals surface area (Å²) in [4.78, 5) is 22.4. The van der Waals surface area contributed by atoms with Crippen molar-refractivity contribution in [1.82, 2.24) is 10.4 Å². The Hall–Kier alpha value is -3.00. The molecular formula is C15H17N3O5. The van der Waals surface area contributed by atoms with Gasteiger partial charge in [-0.2, -0.15) is 0 Å². The number of hydrogen-bond acceptors (Lipinski definition) is 5. The van der Waals surface area contributed by atoms with Crippen LogP contribution in [0.1, 0.15) is 16.1 Å². The summed E-state index contributed by atoms with van der Waals surface area (Å²) in [6.45, 7) is 1.85. The van der Waals surface area contributed by atoms with Crippen LogP contribution in [-0.4, -0.2) is 35.3 Å². The Balaban J connectivity index is 1.87. The third-order valence-corrected chi connectivity index (χ3v) is 2.91. The zero-order chi connectivity index (χ0) is 16.8. The number of nitrogens with one attached hydrogen (secondary N) is 1. The van der Waals surface area contributed by atoms with Crippen LogP contribution in [0.3, 0.4) is 0 Å². The Morgan fingerprint density at radius 3 is 2.61 bits per heavy atom. The number of nitrogens with zero attached hydrogens (tertiary/aromatic N) is 1. The maximum absolute atomic E-state index is 11.8. The Kier molecular flexibility index (Phi) is 5.21. The van der Waals surface area contributed by atoms with Crippen LogP contribution in [0.4, 0.5) is 4.79 Å². The van der Waals surface area contributed by atoms with E-state index in [2.05, 4.69) is 5.32 Å². The number of aryl methyl sites for hydroxylation is 1. The number of nitrogens with two attached hydrogens (primary N) is 1. The van der Waals surface area contributed by atoms with Crippen molar-refractivity contribution in [3.63, 3.8) is 0 Å². The number of furan rings is 1. The van der Waals surface area contributed by atoms with Gasteiger partial charge < -0.3 is 20.2 Å². The summed E-state index contributed by atoms with van der Waals surface area (Å²) in [5, 5.41) is 11.8.